The molecule has 0 N–H and O–H groups in total. The van der Waals surface area contributed by atoms with Gasteiger partial charge in [-0.2, -0.15) is 0 Å². The number of rotatable bonds is 0. The van der Waals surface area contributed by atoms with E-state index in [0.29, 0.717) is 6.79 Å². The first-order chi connectivity index (χ1) is 4.97. The molecule has 3 heteroatoms. The highest BCUT2D eigenvalue weighted by atomic mass is 32.2. The lowest BCUT2D eigenvalue weighted by molar-refractivity contribution is 0.0778. The van der Waals surface area contributed by atoms with Gasteiger partial charge >= 0.3 is 0 Å². The van der Waals surface area contributed by atoms with Gasteiger partial charge in [-0.05, 0) is 23.0 Å². The molecule has 0 amide bonds. The zero-order valence-corrected chi connectivity index (χ0v) is 6.06. The molecule has 0 aromatic carbocycles. The molecule has 0 unspecified atom stereocenters. The molecule has 0 atom stereocenters. The molecule has 0 aromatic heterocycles. The minimum absolute atomic E-state index is 0.351. The van der Waals surface area contributed by atoms with Gasteiger partial charge in [0.2, 0.25) is 6.79 Å². The van der Waals surface area contributed by atoms with Gasteiger partial charge in [0.05, 0.1) is 0 Å². The molecule has 2 rings (SSSR count). The maximum atomic E-state index is 5.14. The number of hydrogen-bond acceptors (Lipinski definition) is 3. The lowest BCUT2D eigenvalue weighted by atomic mass is 10.4. The molecule has 2 nitrogen and oxygen atoms in total. The van der Waals surface area contributed by atoms with E-state index in [4.69, 9.17) is 9.47 Å². The Morgan fingerprint density at radius 2 is 1.70 bits per heavy atom. The minimum atomic E-state index is 0.351. The van der Waals surface area contributed by atoms with Gasteiger partial charge in [0, 0.05) is 0 Å². The van der Waals surface area contributed by atoms with Crippen molar-refractivity contribution in [1.82, 2.24) is 0 Å². The molecule has 0 spiro atoms. The summed E-state index contributed by atoms with van der Waals surface area (Å²) in [6.45, 7) is 0.351. The molecular formula is C7H6O2S. The van der Waals surface area contributed by atoms with Gasteiger partial charge in [-0.1, -0.05) is 0 Å². The molecule has 0 saturated carbocycles. The van der Waals surface area contributed by atoms with Crippen molar-refractivity contribution in [3.05, 3.63) is 34.5 Å². The van der Waals surface area contributed by atoms with Crippen LogP contribution in [0.1, 0.15) is 0 Å². The van der Waals surface area contributed by atoms with E-state index in [1.165, 1.54) is 0 Å². The Bertz CT molecular complexity index is 206. The maximum Gasteiger partial charge on any atom is 0.231 e. The topological polar surface area (TPSA) is 18.5 Å². The maximum absolute atomic E-state index is 5.14. The van der Waals surface area contributed by atoms with Crippen LogP contribution in [0.15, 0.2) is 34.5 Å². The third kappa shape index (κ3) is 0.926. The van der Waals surface area contributed by atoms with Crippen LogP contribution in [0.5, 0.6) is 0 Å². The summed E-state index contributed by atoms with van der Waals surface area (Å²) in [5.74, 6) is 1.67. The van der Waals surface area contributed by atoms with Crippen molar-refractivity contribution in [3.63, 3.8) is 0 Å². The van der Waals surface area contributed by atoms with Gasteiger partial charge in [0.1, 0.15) is 0 Å². The van der Waals surface area contributed by atoms with Gasteiger partial charge in [-0.15, -0.1) is 11.8 Å². The summed E-state index contributed by atoms with van der Waals surface area (Å²) in [5, 5.41) is 3.93. The average Bonchev–Trinajstić information content (AvgIpc) is 2.28. The second-order valence-corrected chi connectivity index (χ2v) is 2.69. The second-order valence-electron chi connectivity index (χ2n) is 1.88. The van der Waals surface area contributed by atoms with Crippen molar-refractivity contribution in [1.29, 1.82) is 0 Å². The van der Waals surface area contributed by atoms with E-state index in [2.05, 4.69) is 0 Å². The smallest absolute Gasteiger partial charge is 0.231 e. The molecule has 2 heterocycles. The Labute approximate surface area is 63.2 Å². The standard InChI is InChI=1S/C7H6O2S/c1-3-10-4-2-7-6(1)8-5-9-7/h1-4H,5H2. The SMILES string of the molecule is C1=CC2=C(C=CS1)OCO2. The summed E-state index contributed by atoms with van der Waals surface area (Å²) in [4.78, 5) is 0. The fraction of sp³-hybridized carbons (Fsp3) is 0.143. The van der Waals surface area contributed by atoms with Crippen LogP contribution in [0.25, 0.3) is 0 Å². The summed E-state index contributed by atoms with van der Waals surface area (Å²) in [6.07, 6.45) is 3.82. The van der Waals surface area contributed by atoms with Crippen LogP contribution in [0.2, 0.25) is 0 Å². The first-order valence-electron chi connectivity index (χ1n) is 2.95. The third-order valence-corrected chi connectivity index (χ3v) is 1.85. The molecule has 0 bridgehead atoms. The first kappa shape index (κ1) is 5.92. The summed E-state index contributed by atoms with van der Waals surface area (Å²) < 4.78 is 10.3. The Balaban J connectivity index is 2.34. The van der Waals surface area contributed by atoms with Crippen LogP contribution in [-0.4, -0.2) is 6.79 Å². The van der Waals surface area contributed by atoms with E-state index >= 15 is 0 Å². The summed E-state index contributed by atoms with van der Waals surface area (Å²) >= 11 is 1.61. The Hall–Kier alpha value is -0.830. The highest BCUT2D eigenvalue weighted by Gasteiger charge is 2.12. The third-order valence-electron chi connectivity index (χ3n) is 1.27. The van der Waals surface area contributed by atoms with Crippen molar-refractivity contribution in [3.8, 4) is 0 Å². The predicted octanol–water partition coefficient (Wildman–Crippen LogP) is 1.98. The second kappa shape index (κ2) is 2.42. The average molecular weight is 154 g/mol. The zero-order valence-electron chi connectivity index (χ0n) is 5.24. The lowest BCUT2D eigenvalue weighted by Gasteiger charge is -1.90. The van der Waals surface area contributed by atoms with E-state index in [9.17, 15) is 0 Å². The monoisotopic (exact) mass is 154 g/mol. The molecular weight excluding hydrogens is 148 g/mol. The predicted molar refractivity (Wildman–Crippen MR) is 39.9 cm³/mol. The number of thioether (sulfide) groups is 1. The summed E-state index contributed by atoms with van der Waals surface area (Å²) in [5.41, 5.74) is 0. The quantitative estimate of drug-likeness (QED) is 0.531. The van der Waals surface area contributed by atoms with Crippen LogP contribution in [-0.2, 0) is 9.47 Å². The molecule has 2 aliphatic heterocycles. The molecule has 0 aromatic rings. The van der Waals surface area contributed by atoms with Gasteiger partial charge in [-0.25, -0.2) is 0 Å². The van der Waals surface area contributed by atoms with Gasteiger partial charge in [-0.3, -0.25) is 0 Å². The van der Waals surface area contributed by atoms with E-state index in [-0.39, 0.29) is 0 Å². The van der Waals surface area contributed by atoms with Crippen LogP contribution in [0.4, 0.5) is 0 Å². The summed E-state index contributed by atoms with van der Waals surface area (Å²) in [6, 6.07) is 0. The highest BCUT2D eigenvalue weighted by Crippen LogP contribution is 2.23. The van der Waals surface area contributed by atoms with Crippen molar-refractivity contribution in [2.24, 2.45) is 0 Å². The number of hydrogen-bond donors (Lipinski definition) is 0. The Kier molecular flexibility index (Phi) is 1.43. The minimum Gasteiger partial charge on any atom is -0.454 e. The number of allylic oxidation sites excluding steroid dienone is 2. The Morgan fingerprint density at radius 3 is 2.30 bits per heavy atom. The van der Waals surface area contributed by atoms with Crippen molar-refractivity contribution >= 4 is 11.8 Å². The first-order valence-corrected chi connectivity index (χ1v) is 3.89. The summed E-state index contributed by atoms with van der Waals surface area (Å²) in [7, 11) is 0. The van der Waals surface area contributed by atoms with E-state index < -0.39 is 0 Å². The van der Waals surface area contributed by atoms with E-state index in [0.717, 1.165) is 11.5 Å². The molecule has 2 aliphatic rings. The van der Waals surface area contributed by atoms with Gasteiger partial charge in [0.15, 0.2) is 11.5 Å². The van der Waals surface area contributed by atoms with Crippen molar-refractivity contribution in [2.45, 2.75) is 0 Å². The molecule has 52 valence electrons. The Morgan fingerprint density at radius 1 is 1.10 bits per heavy atom. The van der Waals surface area contributed by atoms with Crippen LogP contribution in [0.3, 0.4) is 0 Å². The molecule has 10 heavy (non-hydrogen) atoms. The number of ether oxygens (including phenoxy) is 2. The molecule has 0 saturated heterocycles. The largest absolute Gasteiger partial charge is 0.454 e. The molecule has 0 fully saturated rings. The normalized spacial score (nSPS) is 21.6. The zero-order chi connectivity index (χ0) is 6.81. The van der Waals surface area contributed by atoms with E-state index in [1.807, 2.05) is 23.0 Å². The highest BCUT2D eigenvalue weighted by molar-refractivity contribution is 8.04. The molecule has 0 radical (unpaired) electrons. The van der Waals surface area contributed by atoms with E-state index in [1.54, 1.807) is 11.8 Å². The van der Waals surface area contributed by atoms with Gasteiger partial charge < -0.3 is 9.47 Å². The fourth-order valence-electron chi connectivity index (χ4n) is 0.807. The van der Waals surface area contributed by atoms with Crippen molar-refractivity contribution < 1.29 is 9.47 Å². The van der Waals surface area contributed by atoms with Crippen molar-refractivity contribution in [2.75, 3.05) is 6.79 Å². The lowest BCUT2D eigenvalue weighted by Crippen LogP contribution is -1.81. The van der Waals surface area contributed by atoms with Gasteiger partial charge in [0.25, 0.3) is 0 Å². The fourth-order valence-corrected chi connectivity index (χ4v) is 1.30. The van der Waals surface area contributed by atoms with Crippen LogP contribution in [0, 0.1) is 0 Å². The van der Waals surface area contributed by atoms with Crippen LogP contribution < -0.4 is 0 Å². The molecule has 0 aliphatic carbocycles. The van der Waals surface area contributed by atoms with Crippen LogP contribution >= 0.6 is 11.8 Å².